The predicted molar refractivity (Wildman–Crippen MR) is 491 cm³/mol. The summed E-state index contributed by atoms with van der Waals surface area (Å²) >= 11 is 5.99. The van der Waals surface area contributed by atoms with Crippen molar-refractivity contribution in [3.63, 3.8) is 0 Å². The number of fused-ring (bicyclic) bond motifs is 32. The largest absolute Gasteiger partial charge is 0.495 e. The molecule has 8 aliphatic rings. The highest BCUT2D eigenvalue weighted by molar-refractivity contribution is 6.63. The summed E-state index contributed by atoms with van der Waals surface area (Å²) < 4.78 is 13.9. The molecule has 0 bridgehead atoms. The van der Waals surface area contributed by atoms with E-state index < -0.39 is 40.0 Å². The fourth-order valence-corrected chi connectivity index (χ4v) is 22.3. The lowest BCUT2D eigenvalue weighted by Crippen LogP contribution is -2.50. The van der Waals surface area contributed by atoms with Gasteiger partial charge in [0.15, 0.2) is 29.1 Å². The van der Waals surface area contributed by atoms with Crippen LogP contribution >= 0.6 is 11.6 Å². The summed E-state index contributed by atoms with van der Waals surface area (Å²) in [5, 5.41) is 0.202. The second kappa shape index (κ2) is 28.1. The van der Waals surface area contributed by atoms with Crippen LogP contribution in [-0.4, -0.2) is 48.2 Å². The number of nitrogens with zero attached hydrogens (tertiary/aromatic N) is 6. The Labute approximate surface area is 716 Å². The minimum Gasteiger partial charge on any atom is -0.399 e. The zero-order chi connectivity index (χ0) is 81.7. The molecular formula is C112H80BClN6O2. The molecule has 10 heteroatoms. The first-order valence-electron chi connectivity index (χ1n) is 42.2. The van der Waals surface area contributed by atoms with Gasteiger partial charge in [-0.1, -0.05) is 394 Å². The molecule has 25 rings (SSSR count). The van der Waals surface area contributed by atoms with Crippen molar-refractivity contribution in [2.75, 3.05) is 0 Å². The van der Waals surface area contributed by atoms with Crippen LogP contribution in [0.3, 0.4) is 0 Å². The minimum absolute atomic E-state index is 0.106. The van der Waals surface area contributed by atoms with E-state index in [9.17, 15) is 0 Å². The van der Waals surface area contributed by atoms with E-state index in [1.807, 2.05) is 72.8 Å². The number of hydrogen-bond acceptors (Lipinski definition) is 8. The van der Waals surface area contributed by atoms with Crippen LogP contribution in [0.1, 0.15) is 112 Å². The molecule has 1 saturated heterocycles. The van der Waals surface area contributed by atoms with E-state index in [-0.39, 0.29) is 11.2 Å². The van der Waals surface area contributed by atoms with Gasteiger partial charge in [-0.15, -0.1) is 0 Å². The Balaban J connectivity index is 0.000000118. The Morgan fingerprint density at radius 2 is 0.557 bits per heavy atom. The van der Waals surface area contributed by atoms with Gasteiger partial charge >= 0.3 is 7.12 Å². The van der Waals surface area contributed by atoms with E-state index in [2.05, 4.69) is 364 Å². The zero-order valence-electron chi connectivity index (χ0n) is 67.8. The number of benzene rings is 15. The molecule has 4 spiro atoms. The minimum atomic E-state index is -0.572. The predicted octanol–water partition coefficient (Wildman–Crippen LogP) is 24.9. The molecule has 7 aliphatic carbocycles. The lowest BCUT2D eigenvalue weighted by molar-refractivity contribution is 0.00578. The quantitative estimate of drug-likeness (QED) is 0.152. The van der Waals surface area contributed by atoms with E-state index in [1.165, 1.54) is 128 Å². The SMILES string of the molecule is C1=CCC2C(=C1)C1(c3ccccc3-c3ccccc31)c1cccc(-c3nc(-c4ccccc4)nc(-c4ccccc4)n3)c1C21c2ccccc2-c2ccccc21.CC1(C)OB(c2cccc3c2C2(c4ccccc4-c4ccccc42)c2ccccc2C32c3ccccc3-c3ccccc32)OC1(C)C.Clc1nc(-c2ccccc2)nc(-c2ccccc2)n1. The highest BCUT2D eigenvalue weighted by atomic mass is 35.5. The van der Waals surface area contributed by atoms with E-state index in [4.69, 9.17) is 35.9 Å². The van der Waals surface area contributed by atoms with Crippen molar-refractivity contribution in [2.45, 2.75) is 67.0 Å². The van der Waals surface area contributed by atoms with Crippen LogP contribution in [-0.2, 0) is 31.0 Å². The molecule has 0 N–H and O–H groups in total. The van der Waals surface area contributed by atoms with Crippen LogP contribution < -0.4 is 5.46 Å². The highest BCUT2D eigenvalue weighted by Crippen LogP contribution is 2.73. The molecule has 580 valence electrons. The first-order chi connectivity index (χ1) is 59.9. The summed E-state index contributed by atoms with van der Waals surface area (Å²) in [5.74, 6) is 3.28. The smallest absolute Gasteiger partial charge is 0.399 e. The molecule has 1 unspecified atom stereocenters. The van der Waals surface area contributed by atoms with Crippen molar-refractivity contribution < 1.29 is 9.31 Å². The van der Waals surface area contributed by atoms with E-state index >= 15 is 0 Å². The zero-order valence-corrected chi connectivity index (χ0v) is 68.5. The lowest BCUT2D eigenvalue weighted by atomic mass is 9.46. The fourth-order valence-electron chi connectivity index (χ4n) is 22.2. The van der Waals surface area contributed by atoms with Gasteiger partial charge in [-0.05, 0) is 179 Å². The summed E-state index contributed by atoms with van der Waals surface area (Å²) in [7, 11) is -0.527. The number of halogens is 1. The molecule has 1 atom stereocenters. The van der Waals surface area contributed by atoms with Crippen molar-refractivity contribution in [3.05, 3.63) is 483 Å². The Kier molecular flexibility index (Phi) is 16.9. The molecule has 15 aromatic carbocycles. The van der Waals surface area contributed by atoms with Crippen molar-refractivity contribution in [2.24, 2.45) is 5.92 Å². The summed E-state index contributed by atoms with van der Waals surface area (Å²) in [6, 6.07) is 136. The van der Waals surface area contributed by atoms with Gasteiger partial charge in [0.1, 0.15) is 0 Å². The van der Waals surface area contributed by atoms with Crippen LogP contribution in [0.4, 0.5) is 0 Å². The highest BCUT2D eigenvalue weighted by Gasteiger charge is 2.65. The molecule has 1 fully saturated rings. The number of aromatic nitrogens is 6. The first-order valence-corrected chi connectivity index (χ1v) is 42.6. The Hall–Kier alpha value is -13.9. The maximum atomic E-state index is 6.95. The second-order valence-corrected chi connectivity index (χ2v) is 34.3. The van der Waals surface area contributed by atoms with Crippen LogP contribution in [0.25, 0.3) is 101 Å². The molecule has 8 nitrogen and oxygen atoms in total. The Morgan fingerprint density at radius 3 is 0.959 bits per heavy atom. The third kappa shape index (κ3) is 10.4. The van der Waals surface area contributed by atoms with Gasteiger partial charge in [0.25, 0.3) is 0 Å². The number of rotatable bonds is 6. The van der Waals surface area contributed by atoms with E-state index in [0.29, 0.717) is 29.1 Å². The van der Waals surface area contributed by atoms with Gasteiger partial charge in [0.05, 0.1) is 32.9 Å². The molecule has 17 aromatic rings. The van der Waals surface area contributed by atoms with E-state index in [0.717, 1.165) is 39.7 Å². The average molecular weight is 1590 g/mol. The number of hydrogen-bond donors (Lipinski definition) is 0. The Morgan fingerprint density at radius 1 is 0.270 bits per heavy atom. The topological polar surface area (TPSA) is 95.8 Å². The van der Waals surface area contributed by atoms with Crippen molar-refractivity contribution in [1.29, 1.82) is 0 Å². The van der Waals surface area contributed by atoms with Crippen LogP contribution in [0.15, 0.2) is 400 Å². The van der Waals surface area contributed by atoms with E-state index in [1.54, 1.807) is 0 Å². The molecule has 0 radical (unpaired) electrons. The lowest BCUT2D eigenvalue weighted by Gasteiger charge is -2.55. The summed E-state index contributed by atoms with van der Waals surface area (Å²) in [4.78, 5) is 28.8. The van der Waals surface area contributed by atoms with Gasteiger partial charge in [-0.25, -0.2) is 19.9 Å². The molecule has 122 heavy (non-hydrogen) atoms. The van der Waals surface area contributed by atoms with Crippen LogP contribution in [0.2, 0.25) is 5.28 Å². The second-order valence-electron chi connectivity index (χ2n) is 33.9. The maximum absolute atomic E-state index is 6.95. The van der Waals surface area contributed by atoms with Crippen LogP contribution in [0.5, 0.6) is 0 Å². The van der Waals surface area contributed by atoms with Crippen molar-refractivity contribution in [3.8, 4) is 101 Å². The molecule has 0 amide bonds. The number of allylic oxidation sites excluding steroid dienone is 4. The van der Waals surface area contributed by atoms with Gasteiger partial charge in [-0.2, -0.15) is 9.97 Å². The maximum Gasteiger partial charge on any atom is 0.495 e. The third-order valence-electron chi connectivity index (χ3n) is 27.6. The monoisotopic (exact) mass is 1590 g/mol. The molecule has 0 saturated carbocycles. The van der Waals surface area contributed by atoms with Crippen molar-refractivity contribution in [1.82, 2.24) is 29.9 Å². The van der Waals surface area contributed by atoms with Gasteiger partial charge in [0, 0.05) is 33.7 Å². The van der Waals surface area contributed by atoms with Gasteiger partial charge in [0.2, 0.25) is 5.28 Å². The summed E-state index contributed by atoms with van der Waals surface area (Å²) in [6.45, 7) is 8.61. The summed E-state index contributed by atoms with van der Waals surface area (Å²) in [5.41, 5.74) is 33.1. The van der Waals surface area contributed by atoms with Gasteiger partial charge in [-0.3, -0.25) is 0 Å². The average Bonchev–Trinajstić information content (AvgIpc) is 1.45. The first kappa shape index (κ1) is 73.2. The molecule has 2 aromatic heterocycles. The molecule has 1 aliphatic heterocycles. The van der Waals surface area contributed by atoms with Crippen LogP contribution in [0, 0.1) is 5.92 Å². The normalized spacial score (nSPS) is 16.8. The fraction of sp³-hybridized carbons (Fsp3) is 0.107. The standard InChI is InChI=1S/C53H35N3.C44H35BO2.C15H10ClN3/c1-3-18-34(19-4-1)49-54-50(35-20-5-2-6-21-35)56-51(55-49)40-26-17-33-47-48(40)53(43-29-13-9-24-38(43)39-25-10-14-30-44(39)53)46-32-16-15-31-45(46)52(47)41-27-11-7-22-36(41)37-23-8-12-28-42(37)52;1-41(2)42(3,4)47-45(46-41)39-27-15-26-38-40(39)44(34-22-11-7-18-30(34)31-19-8-12-23-35(31)44)37-25-14-13-24-36(37)43(38)32-20-9-5-16-28(32)29-17-6-10-21-33(29)43;16-15-18-13(11-7-3-1-4-8-11)17-14(19-15)12-9-5-2-6-10-12/h1-31,33,46H,32H2;5-27H,1-4H3;1-10H. The molecular weight excluding hydrogens is 1510 g/mol. The molecule has 3 heterocycles. The van der Waals surface area contributed by atoms with Gasteiger partial charge < -0.3 is 9.31 Å². The van der Waals surface area contributed by atoms with Crippen molar-refractivity contribution >= 4 is 24.2 Å². The Bertz CT molecular complexity index is 6870. The third-order valence-corrected chi connectivity index (χ3v) is 27.7. The summed E-state index contributed by atoms with van der Waals surface area (Å²) in [6.07, 6.45) is 8.04.